The average molecular weight is 351 g/mol. The Morgan fingerprint density at radius 1 is 1.15 bits per heavy atom. The first kappa shape index (κ1) is 16.5. The van der Waals surface area contributed by atoms with E-state index in [2.05, 4.69) is 25.2 Å². The number of anilines is 1. The van der Waals surface area contributed by atoms with E-state index in [1.54, 1.807) is 24.5 Å². The Morgan fingerprint density at radius 2 is 2.00 bits per heavy atom. The number of carbonyl (C=O) groups is 1. The average Bonchev–Trinajstić information content (AvgIpc) is 3.14. The summed E-state index contributed by atoms with van der Waals surface area (Å²) in [6.45, 7) is 2.30. The minimum atomic E-state index is -0.408. The minimum Gasteiger partial charge on any atom is -0.310 e. The molecule has 7 heteroatoms. The van der Waals surface area contributed by atoms with Gasteiger partial charge in [-0.25, -0.2) is 14.4 Å². The summed E-state index contributed by atoms with van der Waals surface area (Å²) >= 11 is 0. The second-order valence-corrected chi connectivity index (χ2v) is 6.38. The van der Waals surface area contributed by atoms with E-state index in [1.807, 2.05) is 6.07 Å². The van der Waals surface area contributed by atoms with Crippen molar-refractivity contribution in [1.29, 1.82) is 0 Å². The van der Waals surface area contributed by atoms with Crippen molar-refractivity contribution in [2.45, 2.75) is 12.8 Å². The molecule has 6 nitrogen and oxygen atoms in total. The lowest BCUT2D eigenvalue weighted by molar-refractivity contribution is -0.117. The third-order valence-electron chi connectivity index (χ3n) is 4.41. The van der Waals surface area contributed by atoms with E-state index in [0.29, 0.717) is 29.1 Å². The molecule has 0 aliphatic carbocycles. The van der Waals surface area contributed by atoms with Crippen LogP contribution in [0.15, 0.2) is 42.9 Å². The Bertz CT molecular complexity index is 956. The van der Waals surface area contributed by atoms with Crippen molar-refractivity contribution in [3.63, 3.8) is 0 Å². The van der Waals surface area contributed by atoms with E-state index in [9.17, 15) is 9.18 Å². The molecule has 3 aromatic heterocycles. The van der Waals surface area contributed by atoms with Crippen LogP contribution in [0.3, 0.4) is 0 Å². The zero-order valence-corrected chi connectivity index (χ0v) is 14.2. The van der Waals surface area contributed by atoms with E-state index in [-0.39, 0.29) is 5.91 Å². The number of likely N-dealkylation sites (tertiary alicyclic amines) is 1. The van der Waals surface area contributed by atoms with Gasteiger partial charge in [0.2, 0.25) is 5.91 Å². The maximum atomic E-state index is 13.4. The van der Waals surface area contributed by atoms with E-state index >= 15 is 0 Å². The van der Waals surface area contributed by atoms with Crippen molar-refractivity contribution in [2.24, 2.45) is 0 Å². The van der Waals surface area contributed by atoms with Crippen LogP contribution in [0.5, 0.6) is 0 Å². The highest BCUT2D eigenvalue weighted by molar-refractivity contribution is 5.93. The SMILES string of the molecule is O=C(CN1CCCC1)Nc1cc2nc(-c3cncc(F)c3)ccc2cn1. The van der Waals surface area contributed by atoms with Gasteiger partial charge < -0.3 is 5.32 Å². The number of fused-ring (bicyclic) bond motifs is 1. The molecule has 0 bridgehead atoms. The lowest BCUT2D eigenvalue weighted by Crippen LogP contribution is -2.31. The number of aromatic nitrogens is 3. The van der Waals surface area contributed by atoms with Crippen LogP contribution in [0.4, 0.5) is 10.2 Å². The molecule has 132 valence electrons. The molecule has 4 heterocycles. The fourth-order valence-electron chi connectivity index (χ4n) is 3.12. The van der Waals surface area contributed by atoms with Gasteiger partial charge in [-0.3, -0.25) is 14.7 Å². The first-order valence-corrected chi connectivity index (χ1v) is 8.57. The van der Waals surface area contributed by atoms with Crippen LogP contribution in [-0.2, 0) is 4.79 Å². The highest BCUT2D eigenvalue weighted by Crippen LogP contribution is 2.22. The van der Waals surface area contributed by atoms with E-state index in [0.717, 1.165) is 37.5 Å². The van der Waals surface area contributed by atoms with Crippen LogP contribution in [0.2, 0.25) is 0 Å². The Kier molecular flexibility index (Phi) is 4.53. The predicted octanol–water partition coefficient (Wildman–Crippen LogP) is 2.87. The first-order valence-electron chi connectivity index (χ1n) is 8.57. The van der Waals surface area contributed by atoms with Gasteiger partial charge in [-0.05, 0) is 44.1 Å². The highest BCUT2D eigenvalue weighted by Gasteiger charge is 2.15. The smallest absolute Gasteiger partial charge is 0.239 e. The van der Waals surface area contributed by atoms with Crippen LogP contribution in [0.1, 0.15) is 12.8 Å². The Hall–Kier alpha value is -2.93. The maximum absolute atomic E-state index is 13.4. The monoisotopic (exact) mass is 351 g/mol. The standard InChI is InChI=1S/C19H18FN5O/c20-15-7-14(9-21-11-15)16-4-3-13-10-22-18(8-17(13)23-16)24-19(26)12-25-5-1-2-6-25/h3-4,7-11H,1-2,5-6,12H2,(H,22,24,26). The summed E-state index contributed by atoms with van der Waals surface area (Å²) in [7, 11) is 0. The molecular weight excluding hydrogens is 333 g/mol. The lowest BCUT2D eigenvalue weighted by Gasteiger charge is -2.13. The van der Waals surface area contributed by atoms with Crippen LogP contribution < -0.4 is 5.32 Å². The number of carbonyl (C=O) groups excluding carboxylic acids is 1. The molecule has 0 aromatic carbocycles. The molecule has 0 saturated carbocycles. The summed E-state index contributed by atoms with van der Waals surface area (Å²) in [5, 5.41) is 3.67. The molecule has 1 fully saturated rings. The van der Waals surface area contributed by atoms with Crippen molar-refractivity contribution in [3.05, 3.63) is 48.7 Å². The fourth-order valence-corrected chi connectivity index (χ4v) is 3.12. The summed E-state index contributed by atoms with van der Waals surface area (Å²) in [5.74, 6) is -0.0260. The largest absolute Gasteiger partial charge is 0.310 e. The van der Waals surface area contributed by atoms with Gasteiger partial charge in [0.15, 0.2) is 0 Å². The first-order chi connectivity index (χ1) is 12.7. The number of nitrogens with zero attached hydrogens (tertiary/aromatic N) is 4. The Balaban J connectivity index is 1.56. The molecule has 1 N–H and O–H groups in total. The van der Waals surface area contributed by atoms with E-state index in [4.69, 9.17) is 0 Å². The number of pyridine rings is 3. The number of amides is 1. The van der Waals surface area contributed by atoms with Gasteiger partial charge in [0.1, 0.15) is 11.6 Å². The molecule has 0 unspecified atom stereocenters. The predicted molar refractivity (Wildman–Crippen MR) is 97.0 cm³/mol. The van der Waals surface area contributed by atoms with Gasteiger partial charge in [-0.2, -0.15) is 0 Å². The van der Waals surface area contributed by atoms with E-state index < -0.39 is 5.82 Å². The molecule has 26 heavy (non-hydrogen) atoms. The number of rotatable bonds is 4. The molecule has 0 radical (unpaired) electrons. The maximum Gasteiger partial charge on any atom is 0.239 e. The molecule has 1 aliphatic heterocycles. The summed E-state index contributed by atoms with van der Waals surface area (Å²) in [6.07, 6.45) is 6.67. The second kappa shape index (κ2) is 7.13. The third kappa shape index (κ3) is 3.67. The van der Waals surface area contributed by atoms with Crippen LogP contribution >= 0.6 is 0 Å². The summed E-state index contributed by atoms with van der Waals surface area (Å²) in [4.78, 5) is 27.0. The number of halogens is 1. The second-order valence-electron chi connectivity index (χ2n) is 6.38. The zero-order chi connectivity index (χ0) is 17.9. The van der Waals surface area contributed by atoms with Gasteiger partial charge in [0.05, 0.1) is 24.0 Å². The molecule has 1 amide bonds. The van der Waals surface area contributed by atoms with E-state index in [1.165, 1.54) is 6.07 Å². The Morgan fingerprint density at radius 3 is 2.81 bits per heavy atom. The number of hydrogen-bond acceptors (Lipinski definition) is 5. The number of hydrogen-bond donors (Lipinski definition) is 1. The molecule has 4 rings (SSSR count). The Labute approximate surface area is 150 Å². The minimum absolute atomic E-state index is 0.0794. The molecular formula is C19H18FN5O. The summed E-state index contributed by atoms with van der Waals surface area (Å²) in [6, 6.07) is 6.78. The van der Waals surface area contributed by atoms with Gasteiger partial charge in [-0.1, -0.05) is 0 Å². The van der Waals surface area contributed by atoms with Gasteiger partial charge in [-0.15, -0.1) is 0 Å². The summed E-state index contributed by atoms with van der Waals surface area (Å²) < 4.78 is 13.4. The third-order valence-corrected chi connectivity index (χ3v) is 4.41. The topological polar surface area (TPSA) is 71.0 Å². The molecule has 1 aliphatic rings. The fraction of sp³-hybridized carbons (Fsp3) is 0.263. The van der Waals surface area contributed by atoms with Crippen LogP contribution in [-0.4, -0.2) is 45.4 Å². The highest BCUT2D eigenvalue weighted by atomic mass is 19.1. The van der Waals surface area contributed by atoms with Crippen molar-refractivity contribution < 1.29 is 9.18 Å². The lowest BCUT2D eigenvalue weighted by atomic mass is 10.1. The molecule has 0 atom stereocenters. The van der Waals surface area contributed by atoms with Crippen molar-refractivity contribution >= 4 is 22.6 Å². The van der Waals surface area contributed by atoms with Crippen LogP contribution in [0.25, 0.3) is 22.2 Å². The molecule has 0 spiro atoms. The van der Waals surface area contributed by atoms with Crippen molar-refractivity contribution in [3.8, 4) is 11.3 Å². The molecule has 3 aromatic rings. The van der Waals surface area contributed by atoms with Gasteiger partial charge >= 0.3 is 0 Å². The van der Waals surface area contributed by atoms with Gasteiger partial charge in [0, 0.05) is 29.4 Å². The van der Waals surface area contributed by atoms with Crippen molar-refractivity contribution in [2.75, 3.05) is 25.0 Å². The normalized spacial score (nSPS) is 14.7. The summed E-state index contributed by atoms with van der Waals surface area (Å²) in [5.41, 5.74) is 1.90. The van der Waals surface area contributed by atoms with Crippen LogP contribution in [0, 0.1) is 5.82 Å². The zero-order valence-electron chi connectivity index (χ0n) is 14.2. The van der Waals surface area contributed by atoms with Gasteiger partial charge in [0.25, 0.3) is 0 Å². The van der Waals surface area contributed by atoms with Crippen molar-refractivity contribution in [1.82, 2.24) is 19.9 Å². The number of nitrogens with one attached hydrogen (secondary N) is 1. The quantitative estimate of drug-likeness (QED) is 0.783. The molecule has 1 saturated heterocycles.